The van der Waals surface area contributed by atoms with E-state index in [2.05, 4.69) is 31.5 Å². The highest BCUT2D eigenvalue weighted by atomic mass is 79.9. The van der Waals surface area contributed by atoms with E-state index in [-0.39, 0.29) is 5.91 Å². The van der Waals surface area contributed by atoms with E-state index >= 15 is 0 Å². The van der Waals surface area contributed by atoms with Crippen molar-refractivity contribution in [3.8, 4) is 0 Å². The van der Waals surface area contributed by atoms with Gasteiger partial charge in [-0.2, -0.15) is 0 Å². The number of fused-ring (bicyclic) bond motifs is 1. The van der Waals surface area contributed by atoms with Gasteiger partial charge < -0.3 is 10.6 Å². The van der Waals surface area contributed by atoms with Gasteiger partial charge >= 0.3 is 0 Å². The van der Waals surface area contributed by atoms with Crippen molar-refractivity contribution < 1.29 is 4.79 Å². The molecular formula is C14H18BrN3O. The van der Waals surface area contributed by atoms with Gasteiger partial charge in [0.2, 0.25) is 5.91 Å². The highest BCUT2D eigenvalue weighted by Crippen LogP contribution is 2.25. The second kappa shape index (κ2) is 5.61. The number of carbonyl (C=O) groups is 1. The fourth-order valence-electron chi connectivity index (χ4n) is 3.02. The number of anilines is 1. The van der Waals surface area contributed by atoms with Gasteiger partial charge in [0.1, 0.15) is 0 Å². The number of halogens is 1. The van der Waals surface area contributed by atoms with E-state index < -0.39 is 0 Å². The van der Waals surface area contributed by atoms with E-state index in [1.165, 1.54) is 0 Å². The largest absolute Gasteiger partial charge is 0.325 e. The number of hydrogen-bond donors (Lipinski definition) is 2. The molecule has 102 valence electrons. The highest BCUT2D eigenvalue weighted by Gasteiger charge is 2.36. The van der Waals surface area contributed by atoms with Gasteiger partial charge in [0.05, 0.1) is 6.54 Å². The summed E-state index contributed by atoms with van der Waals surface area (Å²) in [7, 11) is 0. The quantitative estimate of drug-likeness (QED) is 0.886. The van der Waals surface area contributed by atoms with E-state index in [0.717, 1.165) is 48.2 Å². The van der Waals surface area contributed by atoms with Gasteiger partial charge in [-0.3, -0.25) is 9.69 Å². The average molecular weight is 324 g/mol. The maximum Gasteiger partial charge on any atom is 0.238 e. The molecule has 2 unspecified atom stereocenters. The van der Waals surface area contributed by atoms with Crippen LogP contribution in [-0.2, 0) is 4.79 Å². The summed E-state index contributed by atoms with van der Waals surface area (Å²) < 4.78 is 1.02. The van der Waals surface area contributed by atoms with E-state index in [4.69, 9.17) is 0 Å². The van der Waals surface area contributed by atoms with Crippen LogP contribution in [0.25, 0.3) is 0 Å². The number of benzene rings is 1. The van der Waals surface area contributed by atoms with Gasteiger partial charge in [0.15, 0.2) is 0 Å². The van der Waals surface area contributed by atoms with Crippen LogP contribution < -0.4 is 10.6 Å². The maximum atomic E-state index is 12.0. The third-order valence-corrected chi connectivity index (χ3v) is 4.49. The average Bonchev–Trinajstić information content (AvgIpc) is 2.92. The number of nitrogens with one attached hydrogen (secondary N) is 2. The molecular weight excluding hydrogens is 306 g/mol. The summed E-state index contributed by atoms with van der Waals surface area (Å²) in [5.41, 5.74) is 0.856. The summed E-state index contributed by atoms with van der Waals surface area (Å²) in [6, 6.07) is 7.68. The van der Waals surface area contributed by atoms with Crippen LogP contribution in [0.15, 0.2) is 28.7 Å². The van der Waals surface area contributed by atoms with Gasteiger partial charge in [-0.15, -0.1) is 0 Å². The lowest BCUT2D eigenvalue weighted by Crippen LogP contribution is -2.33. The molecule has 3 rings (SSSR count). The van der Waals surface area contributed by atoms with Gasteiger partial charge in [-0.1, -0.05) is 15.9 Å². The number of carbonyl (C=O) groups excluding carboxylic acids is 1. The minimum Gasteiger partial charge on any atom is -0.325 e. The van der Waals surface area contributed by atoms with Crippen LogP contribution in [0.5, 0.6) is 0 Å². The van der Waals surface area contributed by atoms with E-state index in [0.29, 0.717) is 6.54 Å². The predicted molar refractivity (Wildman–Crippen MR) is 79.1 cm³/mol. The Hall–Kier alpha value is -0.910. The molecule has 2 atom stereocenters. The molecule has 19 heavy (non-hydrogen) atoms. The monoisotopic (exact) mass is 323 g/mol. The van der Waals surface area contributed by atoms with Crippen molar-refractivity contribution in [2.45, 2.75) is 0 Å². The number of rotatable bonds is 3. The first-order valence-corrected chi connectivity index (χ1v) is 7.48. The third-order valence-electron chi connectivity index (χ3n) is 3.96. The van der Waals surface area contributed by atoms with Crippen LogP contribution in [0.4, 0.5) is 5.69 Å². The van der Waals surface area contributed by atoms with E-state index in [1.54, 1.807) is 0 Å². The number of nitrogens with zero attached hydrogens (tertiary/aromatic N) is 1. The van der Waals surface area contributed by atoms with E-state index in [1.807, 2.05) is 24.3 Å². The topological polar surface area (TPSA) is 44.4 Å². The van der Waals surface area contributed by atoms with Crippen molar-refractivity contribution in [3.05, 3.63) is 28.7 Å². The Bertz CT molecular complexity index is 450. The fourth-order valence-corrected chi connectivity index (χ4v) is 3.28. The zero-order valence-electron chi connectivity index (χ0n) is 10.7. The minimum absolute atomic E-state index is 0.0789. The van der Waals surface area contributed by atoms with Crippen LogP contribution in [0, 0.1) is 11.8 Å². The molecule has 1 aromatic carbocycles. The molecule has 0 spiro atoms. The Morgan fingerprint density at radius 1 is 1.26 bits per heavy atom. The Morgan fingerprint density at radius 3 is 2.53 bits per heavy atom. The van der Waals surface area contributed by atoms with Crippen LogP contribution in [0.1, 0.15) is 0 Å². The summed E-state index contributed by atoms with van der Waals surface area (Å²) >= 11 is 3.38. The first-order chi connectivity index (χ1) is 9.20. The molecule has 2 heterocycles. The molecule has 1 amide bonds. The summed E-state index contributed by atoms with van der Waals surface area (Å²) in [5, 5.41) is 6.36. The van der Waals surface area contributed by atoms with Gasteiger partial charge in [0, 0.05) is 23.2 Å². The lowest BCUT2D eigenvalue weighted by Gasteiger charge is -2.16. The molecule has 4 nitrogen and oxygen atoms in total. The van der Waals surface area contributed by atoms with Crippen molar-refractivity contribution in [2.24, 2.45) is 11.8 Å². The first-order valence-electron chi connectivity index (χ1n) is 6.69. The molecule has 0 radical (unpaired) electrons. The van der Waals surface area contributed by atoms with Gasteiger partial charge in [-0.25, -0.2) is 0 Å². The van der Waals surface area contributed by atoms with Crippen molar-refractivity contribution in [3.63, 3.8) is 0 Å². The van der Waals surface area contributed by atoms with Crippen molar-refractivity contribution in [1.29, 1.82) is 0 Å². The molecule has 2 aliphatic rings. The molecule has 0 aliphatic carbocycles. The lowest BCUT2D eigenvalue weighted by molar-refractivity contribution is -0.117. The molecule has 1 aromatic rings. The molecule has 2 N–H and O–H groups in total. The zero-order valence-corrected chi connectivity index (χ0v) is 12.3. The predicted octanol–water partition coefficient (Wildman–Crippen LogP) is 1.54. The van der Waals surface area contributed by atoms with Crippen molar-refractivity contribution >= 4 is 27.5 Å². The molecule has 0 aromatic heterocycles. The van der Waals surface area contributed by atoms with Crippen LogP contribution in [0.2, 0.25) is 0 Å². The molecule has 5 heteroatoms. The highest BCUT2D eigenvalue weighted by molar-refractivity contribution is 9.10. The Kier molecular flexibility index (Phi) is 3.86. The second-order valence-electron chi connectivity index (χ2n) is 5.43. The summed E-state index contributed by atoms with van der Waals surface area (Å²) in [6.45, 7) is 4.81. The standard InChI is InChI=1S/C14H18BrN3O/c15-12-1-3-13(4-2-12)17-14(19)9-18-7-10-5-16-6-11(10)8-18/h1-4,10-11,16H,5-9H2,(H,17,19). The zero-order chi connectivity index (χ0) is 13.2. The molecule has 0 saturated carbocycles. The lowest BCUT2D eigenvalue weighted by atomic mass is 10.0. The molecule has 0 bridgehead atoms. The molecule has 2 fully saturated rings. The van der Waals surface area contributed by atoms with Crippen LogP contribution in [-0.4, -0.2) is 43.5 Å². The van der Waals surface area contributed by atoms with Gasteiger partial charge in [0.25, 0.3) is 0 Å². The minimum atomic E-state index is 0.0789. The normalized spacial score (nSPS) is 26.4. The van der Waals surface area contributed by atoms with Crippen molar-refractivity contribution in [1.82, 2.24) is 10.2 Å². The fraction of sp³-hybridized carbons (Fsp3) is 0.500. The Labute approximate surface area is 121 Å². The third kappa shape index (κ3) is 3.16. The van der Waals surface area contributed by atoms with Crippen molar-refractivity contribution in [2.75, 3.05) is 38.0 Å². The van der Waals surface area contributed by atoms with Gasteiger partial charge in [-0.05, 0) is 49.2 Å². The summed E-state index contributed by atoms with van der Waals surface area (Å²) in [6.07, 6.45) is 0. The summed E-state index contributed by atoms with van der Waals surface area (Å²) in [4.78, 5) is 14.3. The second-order valence-corrected chi connectivity index (χ2v) is 6.34. The first kappa shape index (κ1) is 13.1. The number of hydrogen-bond acceptors (Lipinski definition) is 3. The molecule has 2 saturated heterocycles. The summed E-state index contributed by atoms with van der Waals surface area (Å²) in [5.74, 6) is 1.55. The molecule has 2 aliphatic heterocycles. The van der Waals surface area contributed by atoms with E-state index in [9.17, 15) is 4.79 Å². The van der Waals surface area contributed by atoms with Crippen LogP contribution >= 0.6 is 15.9 Å². The number of likely N-dealkylation sites (tertiary alicyclic amines) is 1. The Balaban J connectivity index is 1.50. The smallest absolute Gasteiger partial charge is 0.238 e. The number of amides is 1. The SMILES string of the molecule is O=C(CN1CC2CNCC2C1)Nc1ccc(Br)cc1. The van der Waals surface area contributed by atoms with Crippen LogP contribution in [0.3, 0.4) is 0 Å². The Morgan fingerprint density at radius 2 is 1.89 bits per heavy atom. The maximum absolute atomic E-state index is 12.0.